The van der Waals surface area contributed by atoms with Crippen molar-refractivity contribution in [3.8, 4) is 0 Å². The van der Waals surface area contributed by atoms with Crippen LogP contribution in [0.3, 0.4) is 0 Å². The minimum absolute atomic E-state index is 0.139. The van der Waals surface area contributed by atoms with Crippen LogP contribution in [0.4, 0.5) is 10.1 Å². The van der Waals surface area contributed by atoms with Crippen molar-refractivity contribution >= 4 is 15.7 Å². The van der Waals surface area contributed by atoms with Gasteiger partial charge in [-0.25, -0.2) is 12.8 Å². The second-order valence-corrected chi connectivity index (χ2v) is 8.33. The Morgan fingerprint density at radius 2 is 1.67 bits per heavy atom. The first kappa shape index (κ1) is 20.9. The molecule has 0 fully saturated rings. The van der Waals surface area contributed by atoms with E-state index in [1.54, 1.807) is 24.3 Å². The van der Waals surface area contributed by atoms with Crippen LogP contribution in [0.5, 0.6) is 0 Å². The number of nitrogens with zero attached hydrogens (tertiary/aromatic N) is 1. The van der Waals surface area contributed by atoms with Crippen molar-refractivity contribution in [2.24, 2.45) is 0 Å². The molecule has 0 radical (unpaired) electrons. The zero-order valence-corrected chi connectivity index (χ0v) is 15.9. The third-order valence-corrected chi connectivity index (χ3v) is 5.77. The molecule has 1 aromatic carbocycles. The lowest BCUT2D eigenvalue weighted by Crippen LogP contribution is -2.31. The van der Waals surface area contributed by atoms with E-state index in [4.69, 9.17) is 0 Å². The van der Waals surface area contributed by atoms with E-state index in [9.17, 15) is 12.8 Å². The van der Waals surface area contributed by atoms with E-state index in [0.29, 0.717) is 0 Å². The third kappa shape index (κ3) is 7.18. The molecule has 6 heteroatoms. The summed E-state index contributed by atoms with van der Waals surface area (Å²) < 4.78 is 38.7. The highest BCUT2D eigenvalue weighted by Crippen LogP contribution is 2.18. The standard InChI is InChI=1S/C18H31FN2O2S/c1-4-5-6-7-8-9-14-20-17-10-12-18(13-11-17)24(22,23)21(3)15-16(2)19/h10-13,16,20H,4-9,14-15H2,1-3H3. The fourth-order valence-electron chi connectivity index (χ4n) is 2.52. The summed E-state index contributed by atoms with van der Waals surface area (Å²) in [7, 11) is -2.22. The zero-order valence-electron chi connectivity index (χ0n) is 15.1. The van der Waals surface area contributed by atoms with Crippen LogP contribution in [0.1, 0.15) is 52.4 Å². The van der Waals surface area contributed by atoms with Gasteiger partial charge in [-0.15, -0.1) is 0 Å². The molecule has 4 nitrogen and oxygen atoms in total. The van der Waals surface area contributed by atoms with Crippen molar-refractivity contribution < 1.29 is 12.8 Å². The maximum absolute atomic E-state index is 13.0. The lowest BCUT2D eigenvalue weighted by molar-refractivity contribution is 0.300. The molecule has 0 saturated heterocycles. The van der Waals surface area contributed by atoms with Gasteiger partial charge in [0.15, 0.2) is 0 Å². The van der Waals surface area contributed by atoms with Gasteiger partial charge in [0.25, 0.3) is 0 Å². The highest BCUT2D eigenvalue weighted by molar-refractivity contribution is 7.89. The molecule has 138 valence electrons. The van der Waals surface area contributed by atoms with Crippen molar-refractivity contribution in [2.45, 2.75) is 63.4 Å². The molecule has 0 bridgehead atoms. The molecule has 1 unspecified atom stereocenters. The van der Waals surface area contributed by atoms with E-state index >= 15 is 0 Å². The van der Waals surface area contributed by atoms with Gasteiger partial charge >= 0.3 is 0 Å². The highest BCUT2D eigenvalue weighted by atomic mass is 32.2. The van der Waals surface area contributed by atoms with Gasteiger partial charge in [0, 0.05) is 25.8 Å². The predicted molar refractivity (Wildman–Crippen MR) is 98.7 cm³/mol. The van der Waals surface area contributed by atoms with Gasteiger partial charge in [-0.05, 0) is 37.6 Å². The largest absolute Gasteiger partial charge is 0.385 e. The molecule has 1 N–H and O–H groups in total. The number of sulfonamides is 1. The van der Waals surface area contributed by atoms with Gasteiger partial charge in [-0.2, -0.15) is 4.31 Å². The number of hydrogen-bond acceptors (Lipinski definition) is 3. The van der Waals surface area contributed by atoms with E-state index in [1.165, 1.54) is 46.1 Å². The Bertz CT molecular complexity index is 559. The van der Waals surface area contributed by atoms with Crippen LogP contribution < -0.4 is 5.32 Å². The molecule has 0 aromatic heterocycles. The number of benzene rings is 1. The van der Waals surface area contributed by atoms with Crippen LogP contribution >= 0.6 is 0 Å². The maximum Gasteiger partial charge on any atom is 0.242 e. The van der Waals surface area contributed by atoms with E-state index in [-0.39, 0.29) is 11.4 Å². The van der Waals surface area contributed by atoms with Gasteiger partial charge < -0.3 is 5.32 Å². The summed E-state index contributed by atoms with van der Waals surface area (Å²) in [6, 6.07) is 6.66. The number of unbranched alkanes of at least 4 members (excludes halogenated alkanes) is 5. The Labute approximate surface area is 146 Å². The van der Waals surface area contributed by atoms with Gasteiger partial charge in [-0.1, -0.05) is 39.0 Å². The van der Waals surface area contributed by atoms with E-state index in [0.717, 1.165) is 23.0 Å². The Morgan fingerprint density at radius 3 is 2.25 bits per heavy atom. The molecular formula is C18H31FN2O2S. The van der Waals surface area contributed by atoms with Crippen molar-refractivity contribution in [1.82, 2.24) is 4.31 Å². The number of anilines is 1. The smallest absolute Gasteiger partial charge is 0.242 e. The average molecular weight is 359 g/mol. The van der Waals surface area contributed by atoms with Crippen LogP contribution in [0.15, 0.2) is 29.2 Å². The third-order valence-electron chi connectivity index (χ3n) is 3.93. The van der Waals surface area contributed by atoms with Crippen LogP contribution in [0.2, 0.25) is 0 Å². The van der Waals surface area contributed by atoms with Gasteiger partial charge in [0.05, 0.1) is 4.90 Å². The van der Waals surface area contributed by atoms with Gasteiger partial charge in [0.1, 0.15) is 6.17 Å². The summed E-state index contributed by atoms with van der Waals surface area (Å²) in [5.74, 6) is 0. The molecule has 1 aromatic rings. The second kappa shape index (κ2) is 10.7. The summed E-state index contributed by atoms with van der Waals surface area (Å²) >= 11 is 0. The minimum atomic E-state index is -3.62. The molecule has 1 rings (SSSR count). The van der Waals surface area contributed by atoms with Crippen LogP contribution in [0, 0.1) is 0 Å². The van der Waals surface area contributed by atoms with Crippen molar-refractivity contribution in [2.75, 3.05) is 25.5 Å². The molecule has 0 aliphatic carbocycles. The molecule has 0 heterocycles. The number of hydrogen-bond donors (Lipinski definition) is 1. The van der Waals surface area contributed by atoms with E-state index in [1.807, 2.05) is 0 Å². The number of rotatable bonds is 12. The van der Waals surface area contributed by atoms with Crippen molar-refractivity contribution in [1.29, 1.82) is 0 Å². The molecule has 0 amide bonds. The number of alkyl halides is 1. The fraction of sp³-hybridized carbons (Fsp3) is 0.667. The summed E-state index contributed by atoms with van der Waals surface area (Å²) in [5, 5.41) is 3.31. The van der Waals surface area contributed by atoms with Crippen LogP contribution in [-0.2, 0) is 10.0 Å². The van der Waals surface area contributed by atoms with Crippen LogP contribution in [0.25, 0.3) is 0 Å². The maximum atomic E-state index is 13.0. The summed E-state index contributed by atoms with van der Waals surface area (Å²) in [6.45, 7) is 4.31. The summed E-state index contributed by atoms with van der Waals surface area (Å²) in [4.78, 5) is 0.191. The summed E-state index contributed by atoms with van der Waals surface area (Å²) in [6.07, 6.45) is 6.27. The Balaban J connectivity index is 2.45. The van der Waals surface area contributed by atoms with E-state index in [2.05, 4.69) is 12.2 Å². The van der Waals surface area contributed by atoms with Crippen molar-refractivity contribution in [3.05, 3.63) is 24.3 Å². The molecule has 1 atom stereocenters. The first-order chi connectivity index (χ1) is 11.4. The minimum Gasteiger partial charge on any atom is -0.385 e. The lowest BCUT2D eigenvalue weighted by atomic mass is 10.1. The molecule has 0 spiro atoms. The Hall–Kier alpha value is -1.14. The average Bonchev–Trinajstić information content (AvgIpc) is 2.54. The van der Waals surface area contributed by atoms with Gasteiger partial charge in [-0.3, -0.25) is 0 Å². The number of halogens is 1. The molecular weight excluding hydrogens is 327 g/mol. The predicted octanol–water partition coefficient (Wildman–Crippen LogP) is 4.44. The monoisotopic (exact) mass is 358 g/mol. The normalized spacial score (nSPS) is 13.2. The molecule has 24 heavy (non-hydrogen) atoms. The lowest BCUT2D eigenvalue weighted by Gasteiger charge is -2.18. The second-order valence-electron chi connectivity index (χ2n) is 6.29. The summed E-state index contributed by atoms with van der Waals surface area (Å²) in [5.41, 5.74) is 0.907. The van der Waals surface area contributed by atoms with Crippen LogP contribution in [-0.4, -0.2) is 39.0 Å². The zero-order chi connectivity index (χ0) is 18.0. The topological polar surface area (TPSA) is 49.4 Å². The highest BCUT2D eigenvalue weighted by Gasteiger charge is 2.22. The Kier molecular flexibility index (Phi) is 9.29. The Morgan fingerprint density at radius 1 is 1.08 bits per heavy atom. The SMILES string of the molecule is CCCCCCCCNc1ccc(S(=O)(=O)N(C)CC(C)F)cc1. The molecule has 0 aliphatic heterocycles. The molecule has 0 saturated carbocycles. The van der Waals surface area contributed by atoms with E-state index < -0.39 is 16.2 Å². The number of nitrogens with one attached hydrogen (secondary N) is 1. The van der Waals surface area contributed by atoms with Gasteiger partial charge in [0.2, 0.25) is 10.0 Å². The quantitative estimate of drug-likeness (QED) is 0.562. The van der Waals surface area contributed by atoms with Crippen molar-refractivity contribution in [3.63, 3.8) is 0 Å². The first-order valence-corrected chi connectivity index (χ1v) is 10.3. The first-order valence-electron chi connectivity index (χ1n) is 8.82. The molecule has 0 aliphatic rings. The fourth-order valence-corrected chi connectivity index (χ4v) is 3.76.